The van der Waals surface area contributed by atoms with Crippen molar-refractivity contribution in [2.45, 2.75) is 33.6 Å². The minimum atomic E-state index is -0.183. The molecule has 0 radical (unpaired) electrons. The van der Waals surface area contributed by atoms with E-state index in [1.54, 1.807) is 6.07 Å². The molecule has 1 amide bonds. The highest BCUT2D eigenvalue weighted by Gasteiger charge is 2.14. The fourth-order valence-electron chi connectivity index (χ4n) is 1.66. The molecule has 1 aromatic heterocycles. The fraction of sp³-hybridized carbons (Fsp3) is 0.615. The molecule has 0 fully saturated rings. The molecule has 4 nitrogen and oxygen atoms in total. The van der Waals surface area contributed by atoms with Crippen molar-refractivity contribution in [2.24, 2.45) is 5.92 Å². The Morgan fingerprint density at radius 1 is 1.59 bits per heavy atom. The summed E-state index contributed by atoms with van der Waals surface area (Å²) in [6.07, 6.45) is 1.48. The minimum absolute atomic E-state index is 0.150. The van der Waals surface area contributed by atoms with Crippen molar-refractivity contribution in [1.82, 2.24) is 5.32 Å². The summed E-state index contributed by atoms with van der Waals surface area (Å²) < 4.78 is 5.46. The fourth-order valence-corrected chi connectivity index (χ4v) is 1.66. The Balaban J connectivity index is 2.52. The Morgan fingerprint density at radius 3 is 2.82 bits per heavy atom. The molecule has 0 bridgehead atoms. The predicted octanol–water partition coefficient (Wildman–Crippen LogP) is 1.90. The van der Waals surface area contributed by atoms with E-state index >= 15 is 0 Å². The molecule has 1 aromatic rings. The highest BCUT2D eigenvalue weighted by atomic mass is 16.4. The van der Waals surface area contributed by atoms with Crippen LogP contribution in [0.3, 0.4) is 0 Å². The first-order valence-corrected chi connectivity index (χ1v) is 6.06. The van der Waals surface area contributed by atoms with Gasteiger partial charge in [0, 0.05) is 19.6 Å². The zero-order valence-electron chi connectivity index (χ0n) is 10.7. The lowest BCUT2D eigenvalue weighted by Gasteiger charge is -2.09. The first-order chi connectivity index (χ1) is 8.08. The Bertz CT molecular complexity index is 371. The molecule has 1 heterocycles. The van der Waals surface area contributed by atoms with E-state index in [4.69, 9.17) is 9.52 Å². The van der Waals surface area contributed by atoms with Crippen molar-refractivity contribution in [1.29, 1.82) is 0 Å². The van der Waals surface area contributed by atoms with Gasteiger partial charge in [-0.3, -0.25) is 4.79 Å². The van der Waals surface area contributed by atoms with E-state index in [0.717, 1.165) is 17.7 Å². The van der Waals surface area contributed by atoms with Gasteiger partial charge in [-0.1, -0.05) is 13.8 Å². The molecule has 0 saturated carbocycles. The van der Waals surface area contributed by atoms with Crippen molar-refractivity contribution in [3.63, 3.8) is 0 Å². The number of carbonyl (C=O) groups is 1. The lowest BCUT2D eigenvalue weighted by molar-refractivity contribution is 0.0916. The third-order valence-electron chi connectivity index (χ3n) is 2.80. The second kappa shape index (κ2) is 6.45. The quantitative estimate of drug-likeness (QED) is 0.797. The van der Waals surface area contributed by atoms with Crippen LogP contribution in [-0.2, 0) is 6.42 Å². The molecule has 2 N–H and O–H groups in total. The van der Waals surface area contributed by atoms with E-state index in [-0.39, 0.29) is 18.4 Å². The van der Waals surface area contributed by atoms with E-state index in [1.165, 1.54) is 0 Å². The van der Waals surface area contributed by atoms with Crippen molar-refractivity contribution in [2.75, 3.05) is 13.2 Å². The number of furan rings is 1. The number of aliphatic hydroxyl groups is 1. The molecule has 0 aliphatic heterocycles. The smallest absolute Gasteiger partial charge is 0.287 e. The molecular weight excluding hydrogens is 218 g/mol. The maximum atomic E-state index is 11.8. The van der Waals surface area contributed by atoms with Crippen LogP contribution >= 0.6 is 0 Å². The van der Waals surface area contributed by atoms with Crippen molar-refractivity contribution < 1.29 is 14.3 Å². The zero-order valence-corrected chi connectivity index (χ0v) is 10.7. The third-order valence-corrected chi connectivity index (χ3v) is 2.80. The van der Waals surface area contributed by atoms with Gasteiger partial charge in [0.15, 0.2) is 5.76 Å². The lowest BCUT2D eigenvalue weighted by Crippen LogP contribution is -2.28. The highest BCUT2D eigenvalue weighted by Crippen LogP contribution is 2.15. The number of carbonyl (C=O) groups excluding carboxylic acids is 1. The molecular formula is C13H21NO3. The van der Waals surface area contributed by atoms with Gasteiger partial charge in [0.1, 0.15) is 5.76 Å². The topological polar surface area (TPSA) is 62.5 Å². The number of rotatable bonds is 6. The van der Waals surface area contributed by atoms with Crippen LogP contribution in [0, 0.1) is 12.8 Å². The third kappa shape index (κ3) is 3.89. The highest BCUT2D eigenvalue weighted by molar-refractivity contribution is 5.91. The van der Waals surface area contributed by atoms with Gasteiger partial charge in [-0.05, 0) is 30.9 Å². The number of amides is 1. The maximum absolute atomic E-state index is 11.8. The summed E-state index contributed by atoms with van der Waals surface area (Å²) in [5.74, 6) is 1.32. The summed E-state index contributed by atoms with van der Waals surface area (Å²) in [7, 11) is 0. The van der Waals surface area contributed by atoms with Crippen molar-refractivity contribution in [3.8, 4) is 0 Å². The molecule has 1 atom stereocenters. The van der Waals surface area contributed by atoms with Crippen LogP contribution < -0.4 is 5.32 Å². The molecule has 0 spiro atoms. The SMILES string of the molecule is CCc1oc(C(=O)NCC(C)CCO)cc1C. The summed E-state index contributed by atoms with van der Waals surface area (Å²) >= 11 is 0. The summed E-state index contributed by atoms with van der Waals surface area (Å²) in [6.45, 7) is 6.63. The van der Waals surface area contributed by atoms with Gasteiger partial charge in [-0.15, -0.1) is 0 Å². The Morgan fingerprint density at radius 2 is 2.29 bits per heavy atom. The zero-order chi connectivity index (χ0) is 12.8. The summed E-state index contributed by atoms with van der Waals surface area (Å²) in [5, 5.41) is 11.6. The van der Waals surface area contributed by atoms with Crippen molar-refractivity contribution >= 4 is 5.91 Å². The van der Waals surface area contributed by atoms with Crippen LogP contribution in [0.2, 0.25) is 0 Å². The molecule has 0 saturated heterocycles. The number of hydrogen-bond donors (Lipinski definition) is 2. The van der Waals surface area contributed by atoms with E-state index in [9.17, 15) is 4.79 Å². The average Bonchev–Trinajstić information content (AvgIpc) is 2.68. The molecule has 96 valence electrons. The Labute approximate surface area is 102 Å². The standard InChI is InChI=1S/C13H21NO3/c1-4-11-10(3)7-12(17-11)13(16)14-8-9(2)5-6-15/h7,9,15H,4-6,8H2,1-3H3,(H,14,16). The molecule has 0 aromatic carbocycles. The van der Waals surface area contributed by atoms with Gasteiger partial charge in [0.25, 0.3) is 5.91 Å². The number of aliphatic hydroxyl groups excluding tert-OH is 1. The van der Waals surface area contributed by atoms with Crippen LogP contribution in [0.1, 0.15) is 42.1 Å². The summed E-state index contributed by atoms with van der Waals surface area (Å²) in [5.41, 5.74) is 1.01. The van der Waals surface area contributed by atoms with Gasteiger partial charge in [-0.25, -0.2) is 0 Å². The maximum Gasteiger partial charge on any atom is 0.287 e. The number of nitrogens with one attached hydrogen (secondary N) is 1. The van der Waals surface area contributed by atoms with Crippen LogP contribution in [0.4, 0.5) is 0 Å². The van der Waals surface area contributed by atoms with E-state index < -0.39 is 0 Å². The van der Waals surface area contributed by atoms with Crippen LogP contribution in [0.25, 0.3) is 0 Å². The molecule has 17 heavy (non-hydrogen) atoms. The van der Waals surface area contributed by atoms with Gasteiger partial charge >= 0.3 is 0 Å². The molecule has 0 aliphatic carbocycles. The first kappa shape index (κ1) is 13.8. The molecule has 0 aliphatic rings. The van der Waals surface area contributed by atoms with Gasteiger partial charge < -0.3 is 14.8 Å². The van der Waals surface area contributed by atoms with Gasteiger partial charge in [-0.2, -0.15) is 0 Å². The number of hydrogen-bond acceptors (Lipinski definition) is 3. The molecule has 1 rings (SSSR count). The van der Waals surface area contributed by atoms with E-state index in [2.05, 4.69) is 5.32 Å². The summed E-state index contributed by atoms with van der Waals surface area (Å²) in [4.78, 5) is 11.8. The summed E-state index contributed by atoms with van der Waals surface area (Å²) in [6, 6.07) is 1.77. The Kier molecular flexibility index (Phi) is 5.22. The van der Waals surface area contributed by atoms with Gasteiger partial charge in [0.05, 0.1) is 0 Å². The van der Waals surface area contributed by atoms with Crippen LogP contribution in [0.5, 0.6) is 0 Å². The molecule has 1 unspecified atom stereocenters. The van der Waals surface area contributed by atoms with Crippen molar-refractivity contribution in [3.05, 3.63) is 23.2 Å². The van der Waals surface area contributed by atoms with E-state index in [1.807, 2.05) is 20.8 Å². The predicted molar refractivity (Wildman–Crippen MR) is 66.0 cm³/mol. The van der Waals surface area contributed by atoms with Crippen LogP contribution in [-0.4, -0.2) is 24.2 Å². The second-order valence-electron chi connectivity index (χ2n) is 4.40. The number of aryl methyl sites for hydroxylation is 2. The largest absolute Gasteiger partial charge is 0.456 e. The van der Waals surface area contributed by atoms with Gasteiger partial charge in [0.2, 0.25) is 0 Å². The monoisotopic (exact) mass is 239 g/mol. The second-order valence-corrected chi connectivity index (χ2v) is 4.40. The van der Waals surface area contributed by atoms with Crippen LogP contribution in [0.15, 0.2) is 10.5 Å². The average molecular weight is 239 g/mol. The first-order valence-electron chi connectivity index (χ1n) is 6.06. The normalized spacial score (nSPS) is 12.5. The van der Waals surface area contributed by atoms with E-state index in [0.29, 0.717) is 18.7 Å². The minimum Gasteiger partial charge on any atom is -0.456 e. The lowest BCUT2D eigenvalue weighted by atomic mass is 10.1. The molecule has 4 heteroatoms. The Hall–Kier alpha value is -1.29.